The van der Waals surface area contributed by atoms with Crippen molar-refractivity contribution >= 4 is 39.3 Å². The number of ketones is 2. The molecule has 0 radical (unpaired) electrons. The number of Topliss-reactive ketones (excluding diaryl/α,β-unsaturated/α-hetero) is 2. The first-order valence-electron chi connectivity index (χ1n) is 9.57. The number of nitrogens with zero attached hydrogens (tertiary/aromatic N) is 1. The van der Waals surface area contributed by atoms with Crippen molar-refractivity contribution in [2.75, 3.05) is 6.61 Å². The minimum absolute atomic E-state index is 0.0617. The maximum absolute atomic E-state index is 12.8. The molecule has 0 aliphatic carbocycles. The normalized spacial score (nSPS) is 13.6. The summed E-state index contributed by atoms with van der Waals surface area (Å²) in [7, 11) is 0. The Balaban J connectivity index is 1.53. The first-order chi connectivity index (χ1) is 15.3. The van der Waals surface area contributed by atoms with Crippen LogP contribution < -0.4 is 9.47 Å². The molecule has 8 heteroatoms. The molecule has 3 aromatic rings. The molecule has 0 N–H and O–H groups in total. The minimum atomic E-state index is -0.503. The van der Waals surface area contributed by atoms with Gasteiger partial charge in [0, 0.05) is 28.2 Å². The highest BCUT2D eigenvalue weighted by Crippen LogP contribution is 2.37. The summed E-state index contributed by atoms with van der Waals surface area (Å²) < 4.78 is 12.2. The molecular weight excluding hydrogens is 478 g/mol. The van der Waals surface area contributed by atoms with E-state index in [9.17, 15) is 19.7 Å². The fourth-order valence-corrected chi connectivity index (χ4v) is 3.57. The Bertz CT molecular complexity index is 1280. The zero-order valence-electron chi connectivity index (χ0n) is 16.8. The van der Waals surface area contributed by atoms with Gasteiger partial charge in [-0.05, 0) is 42.3 Å². The molecule has 0 fully saturated rings. The summed E-state index contributed by atoms with van der Waals surface area (Å²) in [5.74, 6) is 0.279. The zero-order valence-corrected chi connectivity index (χ0v) is 18.4. The Morgan fingerprint density at radius 2 is 1.91 bits per heavy atom. The number of hydrogen-bond donors (Lipinski definition) is 0. The first kappa shape index (κ1) is 21.5. The third kappa shape index (κ3) is 4.45. The summed E-state index contributed by atoms with van der Waals surface area (Å²) in [6.45, 7) is 1.59. The lowest BCUT2D eigenvalue weighted by molar-refractivity contribution is -0.384. The van der Waals surface area contributed by atoms with Gasteiger partial charge in [0.2, 0.25) is 5.78 Å². The van der Waals surface area contributed by atoms with Crippen molar-refractivity contribution in [2.45, 2.75) is 6.92 Å². The number of carbonyl (C=O) groups is 2. The summed E-state index contributed by atoms with van der Waals surface area (Å²) in [4.78, 5) is 35.6. The van der Waals surface area contributed by atoms with E-state index in [1.807, 2.05) is 0 Å². The van der Waals surface area contributed by atoms with Crippen LogP contribution in [0.4, 0.5) is 5.69 Å². The lowest BCUT2D eigenvalue weighted by Crippen LogP contribution is -2.11. The van der Waals surface area contributed by atoms with Crippen LogP contribution in [0.5, 0.6) is 11.5 Å². The van der Waals surface area contributed by atoms with Gasteiger partial charge in [-0.3, -0.25) is 19.7 Å². The molecular formula is C24H16BrNO6. The van der Waals surface area contributed by atoms with Crippen molar-refractivity contribution in [3.05, 3.63) is 103 Å². The summed E-state index contributed by atoms with van der Waals surface area (Å²) in [5, 5.41) is 11.0. The van der Waals surface area contributed by atoms with E-state index in [-0.39, 0.29) is 29.6 Å². The smallest absolute Gasteiger partial charge is 0.270 e. The largest absolute Gasteiger partial charge is 0.485 e. The van der Waals surface area contributed by atoms with Gasteiger partial charge >= 0.3 is 0 Å². The molecule has 4 rings (SSSR count). The van der Waals surface area contributed by atoms with Crippen LogP contribution in [0.3, 0.4) is 0 Å². The van der Waals surface area contributed by atoms with Crippen LogP contribution in [0.25, 0.3) is 6.08 Å². The van der Waals surface area contributed by atoms with Gasteiger partial charge in [0.25, 0.3) is 5.69 Å². The Labute approximate surface area is 191 Å². The van der Waals surface area contributed by atoms with Gasteiger partial charge < -0.3 is 9.47 Å². The van der Waals surface area contributed by atoms with Crippen LogP contribution in [0, 0.1) is 17.0 Å². The van der Waals surface area contributed by atoms with Gasteiger partial charge in [-0.2, -0.15) is 0 Å². The molecule has 0 spiro atoms. The van der Waals surface area contributed by atoms with E-state index < -0.39 is 4.92 Å². The number of halogens is 1. The molecule has 3 aromatic carbocycles. The van der Waals surface area contributed by atoms with Gasteiger partial charge in [0.05, 0.1) is 10.5 Å². The van der Waals surface area contributed by atoms with Crippen LogP contribution in [-0.2, 0) is 0 Å². The number of aryl methyl sites for hydroxylation is 1. The highest BCUT2D eigenvalue weighted by atomic mass is 79.9. The minimum Gasteiger partial charge on any atom is -0.485 e. The number of carbonyl (C=O) groups excluding carboxylic acids is 2. The van der Waals surface area contributed by atoms with Crippen LogP contribution in [0.2, 0.25) is 0 Å². The number of ether oxygens (including phenoxy) is 2. The van der Waals surface area contributed by atoms with Crippen molar-refractivity contribution in [1.82, 2.24) is 0 Å². The number of allylic oxidation sites excluding steroid dienone is 1. The van der Waals surface area contributed by atoms with Crippen LogP contribution in [-0.4, -0.2) is 23.1 Å². The second-order valence-corrected chi connectivity index (χ2v) is 8.04. The summed E-state index contributed by atoms with van der Waals surface area (Å²) in [6.07, 6.45) is 1.46. The molecule has 0 aromatic heterocycles. The highest BCUT2D eigenvalue weighted by molar-refractivity contribution is 9.10. The van der Waals surface area contributed by atoms with Gasteiger partial charge in [0.15, 0.2) is 18.1 Å². The Morgan fingerprint density at radius 3 is 2.62 bits per heavy atom. The molecule has 0 unspecified atom stereocenters. The number of hydrogen-bond acceptors (Lipinski definition) is 6. The van der Waals surface area contributed by atoms with Crippen molar-refractivity contribution in [1.29, 1.82) is 0 Å². The quantitative estimate of drug-likeness (QED) is 0.193. The van der Waals surface area contributed by atoms with Crippen LogP contribution >= 0.6 is 15.9 Å². The Kier molecular flexibility index (Phi) is 5.87. The van der Waals surface area contributed by atoms with Gasteiger partial charge in [-0.15, -0.1) is 0 Å². The number of benzene rings is 3. The summed E-state index contributed by atoms with van der Waals surface area (Å²) >= 11 is 3.33. The molecule has 0 atom stereocenters. The van der Waals surface area contributed by atoms with Crippen LogP contribution in [0.1, 0.15) is 31.8 Å². The topological polar surface area (TPSA) is 95.7 Å². The molecule has 0 saturated heterocycles. The number of nitro benzene ring substituents is 1. The summed E-state index contributed by atoms with van der Waals surface area (Å²) in [5.41, 5.74) is 1.96. The third-order valence-electron chi connectivity index (χ3n) is 4.86. The van der Waals surface area contributed by atoms with Crippen molar-refractivity contribution in [2.24, 2.45) is 0 Å². The number of nitro groups is 1. The SMILES string of the molecule is Cc1cc(OCC(=O)c2ccc(Br)cc2)cc2c1C(=O)/C(=C/c1cccc([N+](=O)[O-])c1)O2. The first-order valence-corrected chi connectivity index (χ1v) is 10.4. The van der Waals surface area contributed by atoms with E-state index in [0.29, 0.717) is 33.8 Å². The highest BCUT2D eigenvalue weighted by Gasteiger charge is 2.30. The lowest BCUT2D eigenvalue weighted by atomic mass is 10.0. The van der Waals surface area contributed by atoms with Crippen LogP contribution in [0.15, 0.2) is 70.9 Å². The maximum atomic E-state index is 12.8. The molecule has 0 saturated carbocycles. The fourth-order valence-electron chi connectivity index (χ4n) is 3.31. The lowest BCUT2D eigenvalue weighted by Gasteiger charge is -2.09. The monoisotopic (exact) mass is 493 g/mol. The average molecular weight is 494 g/mol. The number of rotatable bonds is 6. The standard InChI is InChI=1S/C24H16BrNO6/c1-14-9-19(31-13-20(27)16-5-7-17(25)8-6-16)12-21-23(14)24(28)22(32-21)11-15-3-2-4-18(10-15)26(29)30/h2-12H,13H2,1H3/b22-11-. The number of fused-ring (bicyclic) bond motifs is 1. The second kappa shape index (κ2) is 8.76. The van der Waals surface area contributed by atoms with E-state index in [4.69, 9.17) is 9.47 Å². The van der Waals surface area contributed by atoms with Crippen molar-refractivity contribution in [3.63, 3.8) is 0 Å². The molecule has 1 aliphatic heterocycles. The molecule has 7 nitrogen and oxygen atoms in total. The van der Waals surface area contributed by atoms with Crippen molar-refractivity contribution in [3.8, 4) is 11.5 Å². The van der Waals surface area contributed by atoms with E-state index in [0.717, 1.165) is 4.47 Å². The Morgan fingerprint density at radius 1 is 1.16 bits per heavy atom. The van der Waals surface area contributed by atoms with E-state index in [1.54, 1.807) is 49.4 Å². The molecule has 160 valence electrons. The van der Waals surface area contributed by atoms with Gasteiger partial charge in [0.1, 0.15) is 11.5 Å². The van der Waals surface area contributed by atoms with Gasteiger partial charge in [-0.1, -0.05) is 40.2 Å². The number of non-ortho nitro benzene ring substituents is 1. The van der Waals surface area contributed by atoms with E-state index >= 15 is 0 Å². The third-order valence-corrected chi connectivity index (χ3v) is 5.39. The van der Waals surface area contributed by atoms with E-state index in [1.165, 1.54) is 24.3 Å². The fraction of sp³-hybridized carbons (Fsp3) is 0.0833. The molecule has 0 bridgehead atoms. The Hall–Kier alpha value is -3.78. The average Bonchev–Trinajstić information content (AvgIpc) is 3.08. The maximum Gasteiger partial charge on any atom is 0.270 e. The second-order valence-electron chi connectivity index (χ2n) is 7.12. The van der Waals surface area contributed by atoms with E-state index in [2.05, 4.69) is 15.9 Å². The predicted octanol–water partition coefficient (Wildman–Crippen LogP) is 5.54. The summed E-state index contributed by atoms with van der Waals surface area (Å²) in [6, 6.07) is 16.1. The predicted molar refractivity (Wildman–Crippen MR) is 121 cm³/mol. The molecule has 1 heterocycles. The van der Waals surface area contributed by atoms with Crippen molar-refractivity contribution < 1.29 is 24.0 Å². The van der Waals surface area contributed by atoms with Gasteiger partial charge in [-0.25, -0.2) is 0 Å². The molecule has 1 aliphatic rings. The molecule has 32 heavy (non-hydrogen) atoms. The zero-order chi connectivity index (χ0) is 22.8. The molecule has 0 amide bonds.